The lowest BCUT2D eigenvalue weighted by Gasteiger charge is -2.30. The third-order valence-corrected chi connectivity index (χ3v) is 7.00. The summed E-state index contributed by atoms with van der Waals surface area (Å²) in [5.41, 5.74) is 7.21. The van der Waals surface area contributed by atoms with Gasteiger partial charge in [0, 0.05) is 23.7 Å². The summed E-state index contributed by atoms with van der Waals surface area (Å²) in [5.74, 6) is -0.575. The second-order valence-electron chi connectivity index (χ2n) is 7.68. The summed E-state index contributed by atoms with van der Waals surface area (Å²) in [6.45, 7) is 2.28. The number of hydrogen-bond acceptors (Lipinski definition) is 6. The Labute approximate surface area is 188 Å². The number of anilines is 1. The molecule has 0 spiro atoms. The van der Waals surface area contributed by atoms with Crippen LogP contribution in [-0.2, 0) is 21.4 Å². The number of nitrogens with one attached hydrogen (secondary N) is 2. The molecule has 2 aromatic rings. The van der Waals surface area contributed by atoms with E-state index in [1.165, 1.54) is 32.4 Å². The largest absolute Gasteiger partial charge is 0.495 e. The summed E-state index contributed by atoms with van der Waals surface area (Å²) in [5, 5.41) is 2.82. The van der Waals surface area contributed by atoms with Crippen LogP contribution < -0.4 is 20.5 Å². The number of primary amides is 1. The first-order valence-corrected chi connectivity index (χ1v) is 11.8. The van der Waals surface area contributed by atoms with Crippen molar-refractivity contribution in [1.82, 2.24) is 9.62 Å². The number of piperidine rings is 1. The maximum atomic E-state index is 12.8. The number of nitrogens with two attached hydrogens (primary N) is 1. The first-order chi connectivity index (χ1) is 15.2. The van der Waals surface area contributed by atoms with Gasteiger partial charge in [0.05, 0.1) is 7.11 Å². The minimum absolute atomic E-state index is 0.0574. The molecule has 1 heterocycles. The summed E-state index contributed by atoms with van der Waals surface area (Å²) in [7, 11) is -1.13. The van der Waals surface area contributed by atoms with Gasteiger partial charge in [0.25, 0.3) is 5.91 Å². The Bertz CT molecular complexity index is 1100. The molecule has 0 unspecified atom stereocenters. The summed E-state index contributed by atoms with van der Waals surface area (Å²) in [6, 6.07) is 11.7. The van der Waals surface area contributed by atoms with Crippen molar-refractivity contribution in [2.24, 2.45) is 11.7 Å². The molecular weight excluding hydrogens is 432 g/mol. The van der Waals surface area contributed by atoms with Gasteiger partial charge < -0.3 is 15.8 Å². The lowest BCUT2D eigenvalue weighted by atomic mass is 9.96. The molecule has 0 aromatic heterocycles. The van der Waals surface area contributed by atoms with Gasteiger partial charge in [0.1, 0.15) is 10.6 Å². The Morgan fingerprint density at radius 2 is 1.88 bits per heavy atom. The Morgan fingerprint density at radius 1 is 1.16 bits per heavy atom. The van der Waals surface area contributed by atoms with Crippen LogP contribution in [0, 0.1) is 5.92 Å². The molecule has 1 fully saturated rings. The van der Waals surface area contributed by atoms with Gasteiger partial charge in [-0.05, 0) is 68.9 Å². The highest BCUT2D eigenvalue weighted by Crippen LogP contribution is 2.25. The molecular formula is C22H28N4O5S. The maximum absolute atomic E-state index is 12.8. The smallest absolute Gasteiger partial charge is 0.255 e. The van der Waals surface area contributed by atoms with Gasteiger partial charge in [-0.25, -0.2) is 13.1 Å². The van der Waals surface area contributed by atoms with Crippen molar-refractivity contribution in [3.63, 3.8) is 0 Å². The second kappa shape index (κ2) is 10.1. The molecule has 2 amide bonds. The monoisotopic (exact) mass is 460 g/mol. The van der Waals surface area contributed by atoms with E-state index >= 15 is 0 Å². The average molecular weight is 461 g/mol. The Morgan fingerprint density at radius 3 is 2.50 bits per heavy atom. The summed E-state index contributed by atoms with van der Waals surface area (Å²) in [4.78, 5) is 26.2. The van der Waals surface area contributed by atoms with Crippen molar-refractivity contribution in [2.75, 3.05) is 32.6 Å². The number of amides is 2. The predicted molar refractivity (Wildman–Crippen MR) is 121 cm³/mol. The summed E-state index contributed by atoms with van der Waals surface area (Å²) >= 11 is 0. The van der Waals surface area contributed by atoms with Crippen LogP contribution in [0.25, 0.3) is 0 Å². The zero-order chi connectivity index (χ0) is 23.3. The first kappa shape index (κ1) is 23.7. The van der Waals surface area contributed by atoms with Gasteiger partial charge in [-0.2, -0.15) is 0 Å². The lowest BCUT2D eigenvalue weighted by Crippen LogP contribution is -2.38. The predicted octanol–water partition coefficient (Wildman–Crippen LogP) is 1.55. The minimum atomic E-state index is -3.79. The van der Waals surface area contributed by atoms with E-state index in [2.05, 4.69) is 14.9 Å². The van der Waals surface area contributed by atoms with E-state index in [-0.39, 0.29) is 28.0 Å². The molecule has 0 aliphatic carbocycles. The summed E-state index contributed by atoms with van der Waals surface area (Å²) < 4.78 is 31.9. The van der Waals surface area contributed by atoms with Crippen LogP contribution in [0.2, 0.25) is 0 Å². The molecule has 9 nitrogen and oxygen atoms in total. The van der Waals surface area contributed by atoms with Crippen molar-refractivity contribution in [3.8, 4) is 5.75 Å². The topological polar surface area (TPSA) is 131 Å². The fourth-order valence-electron chi connectivity index (χ4n) is 3.72. The van der Waals surface area contributed by atoms with E-state index in [1.54, 1.807) is 6.07 Å². The van der Waals surface area contributed by atoms with Crippen LogP contribution in [-0.4, -0.2) is 52.4 Å². The number of carbonyl (C=O) groups is 2. The highest BCUT2D eigenvalue weighted by Gasteiger charge is 2.23. The van der Waals surface area contributed by atoms with Crippen LogP contribution in [0.15, 0.2) is 47.4 Å². The third-order valence-electron chi connectivity index (χ3n) is 5.57. The molecule has 0 radical (unpaired) electrons. The van der Waals surface area contributed by atoms with E-state index in [0.717, 1.165) is 31.5 Å². The van der Waals surface area contributed by atoms with Gasteiger partial charge >= 0.3 is 0 Å². The molecule has 0 bridgehead atoms. The number of nitrogens with zero attached hydrogens (tertiary/aromatic N) is 1. The van der Waals surface area contributed by atoms with Crippen molar-refractivity contribution in [1.29, 1.82) is 0 Å². The molecule has 3 rings (SSSR count). The maximum Gasteiger partial charge on any atom is 0.255 e. The molecule has 4 N–H and O–H groups in total. The highest BCUT2D eigenvalue weighted by molar-refractivity contribution is 7.89. The minimum Gasteiger partial charge on any atom is -0.495 e. The van der Waals surface area contributed by atoms with Gasteiger partial charge in [-0.1, -0.05) is 12.1 Å². The number of ether oxygens (including phenoxy) is 1. The lowest BCUT2D eigenvalue weighted by molar-refractivity contribution is -0.123. The molecule has 1 saturated heterocycles. The number of benzene rings is 2. The fraction of sp³-hybridized carbons (Fsp3) is 0.364. The van der Waals surface area contributed by atoms with Crippen LogP contribution in [0.4, 0.5) is 5.69 Å². The molecule has 10 heteroatoms. The second-order valence-corrected chi connectivity index (χ2v) is 9.54. The fourth-order valence-corrected chi connectivity index (χ4v) is 4.64. The molecule has 1 aliphatic heterocycles. The standard InChI is InChI=1S/C22H28N4O5S/c1-24-32(29,30)20-13-17(6-7-19(20)31-2)22(28)25-18-5-3-4-15(12-18)14-26-10-8-16(9-11-26)21(23)27/h3-7,12-13,16,24H,8-11,14H2,1-2H3,(H2,23,27)(H,25,28). The van der Waals surface area contributed by atoms with Crippen molar-refractivity contribution in [2.45, 2.75) is 24.3 Å². The van der Waals surface area contributed by atoms with E-state index in [0.29, 0.717) is 12.2 Å². The SMILES string of the molecule is CNS(=O)(=O)c1cc(C(=O)Nc2cccc(CN3CCC(C(N)=O)CC3)c2)ccc1OC. The normalized spacial score (nSPS) is 15.3. The van der Waals surface area contributed by atoms with Crippen LogP contribution in [0.3, 0.4) is 0 Å². The van der Waals surface area contributed by atoms with E-state index in [1.807, 2.05) is 18.2 Å². The number of sulfonamides is 1. The van der Waals surface area contributed by atoms with Crippen molar-refractivity contribution >= 4 is 27.5 Å². The van der Waals surface area contributed by atoms with Crippen LogP contribution >= 0.6 is 0 Å². The molecule has 0 saturated carbocycles. The van der Waals surface area contributed by atoms with Gasteiger partial charge in [-0.15, -0.1) is 0 Å². The Balaban J connectivity index is 1.70. The van der Waals surface area contributed by atoms with Gasteiger partial charge in [-0.3, -0.25) is 14.5 Å². The number of likely N-dealkylation sites (tertiary alicyclic amines) is 1. The van der Waals surface area contributed by atoms with Crippen molar-refractivity contribution in [3.05, 3.63) is 53.6 Å². The quantitative estimate of drug-likeness (QED) is 0.548. The number of rotatable bonds is 8. The zero-order valence-electron chi connectivity index (χ0n) is 18.1. The molecule has 172 valence electrons. The molecule has 1 aliphatic rings. The molecule has 2 aromatic carbocycles. The van der Waals surface area contributed by atoms with Gasteiger partial charge in [0.15, 0.2) is 0 Å². The zero-order valence-corrected chi connectivity index (χ0v) is 18.9. The van der Waals surface area contributed by atoms with Crippen LogP contribution in [0.1, 0.15) is 28.8 Å². The van der Waals surface area contributed by atoms with Crippen LogP contribution in [0.5, 0.6) is 5.75 Å². The molecule has 0 atom stereocenters. The average Bonchev–Trinajstić information content (AvgIpc) is 2.79. The molecule has 32 heavy (non-hydrogen) atoms. The van der Waals surface area contributed by atoms with Crippen molar-refractivity contribution < 1.29 is 22.7 Å². The third kappa shape index (κ3) is 5.64. The highest BCUT2D eigenvalue weighted by atomic mass is 32.2. The van der Waals surface area contributed by atoms with E-state index in [4.69, 9.17) is 10.5 Å². The van der Waals surface area contributed by atoms with E-state index < -0.39 is 15.9 Å². The van der Waals surface area contributed by atoms with E-state index in [9.17, 15) is 18.0 Å². The Hall–Kier alpha value is -2.95. The Kier molecular flexibility index (Phi) is 7.49. The summed E-state index contributed by atoms with van der Waals surface area (Å²) in [6.07, 6.45) is 1.50. The first-order valence-electron chi connectivity index (χ1n) is 10.3. The number of methoxy groups -OCH3 is 1. The van der Waals surface area contributed by atoms with Gasteiger partial charge in [0.2, 0.25) is 15.9 Å². The number of carbonyl (C=O) groups excluding carboxylic acids is 2. The number of hydrogen-bond donors (Lipinski definition) is 3.